The summed E-state index contributed by atoms with van der Waals surface area (Å²) in [6.45, 7) is -0.833. The summed E-state index contributed by atoms with van der Waals surface area (Å²) in [7, 11) is -9.13. The number of nitrogen functional groups attached to an aromatic ring is 1. The molecule has 31 heavy (non-hydrogen) atoms. The lowest BCUT2D eigenvalue weighted by atomic mass is 10.0. The number of rotatable bonds is 8. The van der Waals surface area contributed by atoms with Crippen molar-refractivity contribution in [3.05, 3.63) is 30.5 Å². The number of nitrogens with one attached hydrogen (secondary N) is 2. The second-order valence-corrected chi connectivity index (χ2v) is 9.48. The maximum Gasteiger partial charge on any atom is 0.242 e. The van der Waals surface area contributed by atoms with Gasteiger partial charge >= 0.3 is 0 Å². The van der Waals surface area contributed by atoms with Gasteiger partial charge in [-0.3, -0.25) is 0 Å². The number of aromatic nitrogens is 5. The molecule has 9 N–H and O–H groups in total. The number of H-pyrrole nitrogens is 1. The van der Waals surface area contributed by atoms with E-state index in [1.807, 2.05) is 0 Å². The first-order chi connectivity index (χ1) is 14.6. The maximum absolute atomic E-state index is 13.0. The van der Waals surface area contributed by atoms with E-state index in [9.17, 15) is 21.9 Å². The lowest BCUT2D eigenvalue weighted by molar-refractivity contribution is 0.259. The summed E-state index contributed by atoms with van der Waals surface area (Å²) >= 11 is 0. The van der Waals surface area contributed by atoms with Crippen LogP contribution in [0.4, 0.5) is 5.82 Å². The van der Waals surface area contributed by atoms with Gasteiger partial charge in [-0.2, -0.15) is 5.21 Å². The second-order valence-electron chi connectivity index (χ2n) is 6.30. The predicted molar refractivity (Wildman–Crippen MR) is 109 cm³/mol. The minimum atomic E-state index is -4.64. The molecule has 0 radical (unpaired) electrons. The summed E-state index contributed by atoms with van der Waals surface area (Å²) in [5.41, 5.74) is 11.4. The number of nitrogens with two attached hydrogens (primary N) is 3. The average molecular weight is 470 g/mol. The summed E-state index contributed by atoms with van der Waals surface area (Å²) in [5.74, 6) is 0.00203. The normalized spacial score (nSPS) is 13.3. The van der Waals surface area contributed by atoms with Gasteiger partial charge in [0.15, 0.2) is 0 Å². The molecule has 0 fully saturated rings. The Balaban J connectivity index is 2.38. The third-order valence-corrected chi connectivity index (χ3v) is 6.87. The van der Waals surface area contributed by atoms with Gasteiger partial charge in [0, 0.05) is 18.3 Å². The van der Waals surface area contributed by atoms with Crippen molar-refractivity contribution in [3.8, 4) is 22.5 Å². The van der Waals surface area contributed by atoms with Crippen molar-refractivity contribution in [2.45, 2.75) is 15.8 Å². The fourth-order valence-electron chi connectivity index (χ4n) is 2.80. The zero-order valence-electron chi connectivity index (χ0n) is 15.8. The lowest BCUT2D eigenvalue weighted by Gasteiger charge is -2.19. The third-order valence-electron chi connectivity index (χ3n) is 4.19. The summed E-state index contributed by atoms with van der Waals surface area (Å²) in [4.78, 5) is 2.53. The van der Waals surface area contributed by atoms with E-state index in [1.54, 1.807) is 6.07 Å². The van der Waals surface area contributed by atoms with Crippen LogP contribution in [0.5, 0.6) is 0 Å². The van der Waals surface area contributed by atoms with E-state index in [0.29, 0.717) is 5.56 Å². The Hall–Kier alpha value is -3.02. The highest BCUT2D eigenvalue weighted by atomic mass is 32.2. The molecule has 0 spiro atoms. The number of hydrogen-bond donors (Lipinski definition) is 6. The van der Waals surface area contributed by atoms with Gasteiger partial charge in [0.25, 0.3) is 0 Å². The minimum Gasteiger partial charge on any atom is -0.395 e. The van der Waals surface area contributed by atoms with E-state index in [4.69, 9.17) is 16.6 Å². The Labute approximate surface area is 177 Å². The van der Waals surface area contributed by atoms with Crippen LogP contribution in [0.2, 0.25) is 0 Å². The number of anilines is 1. The average Bonchev–Trinajstić information content (AvgIpc) is 3.25. The molecule has 16 heteroatoms. The van der Waals surface area contributed by atoms with Gasteiger partial charge in [0.1, 0.15) is 15.6 Å². The summed E-state index contributed by atoms with van der Waals surface area (Å²) in [5, 5.41) is 27.9. The molecule has 1 aromatic carbocycles. The number of nitrogens with zero attached hydrogens (tertiary/aromatic N) is 4. The Morgan fingerprint density at radius 2 is 1.90 bits per heavy atom. The molecule has 0 aliphatic rings. The number of tetrazole rings is 1. The topological polar surface area (TPSA) is 246 Å². The Bertz CT molecular complexity index is 1270. The van der Waals surface area contributed by atoms with Crippen molar-refractivity contribution in [1.29, 1.82) is 0 Å². The van der Waals surface area contributed by atoms with Crippen LogP contribution in [-0.2, 0) is 20.0 Å². The molecule has 0 aliphatic heterocycles. The van der Waals surface area contributed by atoms with Crippen LogP contribution < -0.4 is 21.3 Å². The van der Waals surface area contributed by atoms with Crippen LogP contribution >= 0.6 is 0 Å². The second kappa shape index (κ2) is 8.61. The molecule has 3 aromatic rings. The van der Waals surface area contributed by atoms with Gasteiger partial charge < -0.3 is 16.6 Å². The van der Waals surface area contributed by atoms with Crippen LogP contribution in [0, 0.1) is 0 Å². The van der Waals surface area contributed by atoms with E-state index in [2.05, 4.69) is 30.3 Å². The number of benzene rings is 1. The monoisotopic (exact) mass is 469 g/mol. The van der Waals surface area contributed by atoms with Crippen molar-refractivity contribution < 1.29 is 21.9 Å². The molecular formula is C15H19N9O5S2. The molecule has 3 rings (SSSR count). The molecule has 0 saturated heterocycles. The Morgan fingerprint density at radius 1 is 1.16 bits per heavy atom. The molecule has 0 amide bonds. The highest BCUT2D eigenvalue weighted by Gasteiger charge is 2.33. The van der Waals surface area contributed by atoms with Gasteiger partial charge in [0.05, 0.1) is 18.2 Å². The largest absolute Gasteiger partial charge is 0.395 e. The van der Waals surface area contributed by atoms with Gasteiger partial charge in [-0.05, 0) is 29.0 Å². The lowest BCUT2D eigenvalue weighted by Crippen LogP contribution is -2.43. The predicted octanol–water partition coefficient (Wildman–Crippen LogP) is -2.24. The number of aromatic amines is 1. The van der Waals surface area contributed by atoms with E-state index >= 15 is 0 Å². The summed E-state index contributed by atoms with van der Waals surface area (Å²) in [6, 6.07) is 4.39. The molecule has 0 bridgehead atoms. The molecule has 2 heterocycles. The fraction of sp³-hybridized carbons (Fsp3) is 0.200. The van der Waals surface area contributed by atoms with Crippen LogP contribution in [-0.4, -0.2) is 66.7 Å². The molecule has 0 saturated carbocycles. The Morgan fingerprint density at radius 3 is 2.42 bits per heavy atom. The molecule has 1 atom stereocenters. The van der Waals surface area contributed by atoms with E-state index in [-0.39, 0.29) is 29.3 Å². The van der Waals surface area contributed by atoms with Crippen LogP contribution in [0.15, 0.2) is 40.3 Å². The highest BCUT2D eigenvalue weighted by molar-refractivity contribution is 7.92. The minimum absolute atomic E-state index is 0.209. The molecular weight excluding hydrogens is 450 g/mol. The smallest absolute Gasteiger partial charge is 0.242 e. The Kier molecular flexibility index (Phi) is 6.30. The van der Waals surface area contributed by atoms with Crippen molar-refractivity contribution in [1.82, 2.24) is 30.3 Å². The van der Waals surface area contributed by atoms with Gasteiger partial charge in [0.2, 0.25) is 25.9 Å². The molecule has 14 nitrogen and oxygen atoms in total. The van der Waals surface area contributed by atoms with Gasteiger partial charge in [-0.25, -0.2) is 31.7 Å². The van der Waals surface area contributed by atoms with Gasteiger partial charge in [-0.15, -0.1) is 10.2 Å². The van der Waals surface area contributed by atoms with Crippen molar-refractivity contribution in [3.63, 3.8) is 0 Å². The van der Waals surface area contributed by atoms with Crippen LogP contribution in [0.1, 0.15) is 0 Å². The number of hydrogen-bond acceptors (Lipinski definition) is 11. The van der Waals surface area contributed by atoms with E-state index in [1.165, 1.54) is 18.3 Å². The van der Waals surface area contributed by atoms with Crippen LogP contribution in [0.3, 0.4) is 0 Å². The first kappa shape index (κ1) is 22.7. The SMILES string of the molecule is NC[C@@H](CO)NS(=O)(=O)c1ccc(-c2ccc(N)nc2)c(-c2nn[nH]n2)c1S(N)(=O)=O. The number of pyridine rings is 1. The number of aliphatic hydroxyl groups is 1. The number of sulfonamides is 2. The quantitative estimate of drug-likeness (QED) is 0.206. The number of aliphatic hydroxyl groups excluding tert-OH is 1. The van der Waals surface area contributed by atoms with Crippen molar-refractivity contribution >= 4 is 25.9 Å². The zero-order chi connectivity index (χ0) is 22.8. The standard InChI is InChI=1S/C15H19N9O5S2/c16-5-9(7-25)22-31(28,29)11-3-2-10(8-1-4-12(17)19-6-8)13(14(11)30(18,26)27)15-20-23-24-21-15/h1-4,6,9,22,25H,5,7,16H2,(H2,17,19)(H2,18,26,27)(H,20,21,23,24)/t9-/m0/s1. The fourth-order valence-corrected chi connectivity index (χ4v) is 5.64. The summed E-state index contributed by atoms with van der Waals surface area (Å²) < 4.78 is 53.2. The van der Waals surface area contributed by atoms with E-state index in [0.717, 1.165) is 6.07 Å². The molecule has 166 valence electrons. The zero-order valence-corrected chi connectivity index (χ0v) is 17.4. The van der Waals surface area contributed by atoms with Crippen molar-refractivity contribution in [2.24, 2.45) is 10.9 Å². The maximum atomic E-state index is 13.0. The summed E-state index contributed by atoms with van der Waals surface area (Å²) in [6.07, 6.45) is 1.36. The molecule has 0 aliphatic carbocycles. The van der Waals surface area contributed by atoms with Crippen molar-refractivity contribution in [2.75, 3.05) is 18.9 Å². The van der Waals surface area contributed by atoms with E-state index < -0.39 is 42.5 Å². The molecule has 2 aromatic heterocycles. The number of primary sulfonamides is 1. The first-order valence-electron chi connectivity index (χ1n) is 8.57. The molecule has 0 unspecified atom stereocenters. The highest BCUT2D eigenvalue weighted by Crippen LogP contribution is 2.38. The third kappa shape index (κ3) is 4.68. The first-order valence-corrected chi connectivity index (χ1v) is 11.6. The van der Waals surface area contributed by atoms with Crippen LogP contribution in [0.25, 0.3) is 22.5 Å². The van der Waals surface area contributed by atoms with Gasteiger partial charge in [-0.1, -0.05) is 6.07 Å².